The summed E-state index contributed by atoms with van der Waals surface area (Å²) in [6.07, 6.45) is 6.44. The maximum absolute atomic E-state index is 12.9. The Bertz CT molecular complexity index is 359. The zero-order valence-corrected chi connectivity index (χ0v) is 15.0. The van der Waals surface area contributed by atoms with Crippen LogP contribution in [0.5, 0.6) is 0 Å². The lowest BCUT2D eigenvalue weighted by atomic mass is 9.96. The second-order valence-electron chi connectivity index (χ2n) is 7.23. The van der Waals surface area contributed by atoms with Gasteiger partial charge in [0.1, 0.15) is 0 Å². The summed E-state index contributed by atoms with van der Waals surface area (Å²) in [5.41, 5.74) is 0. The van der Waals surface area contributed by atoms with Crippen molar-refractivity contribution in [2.45, 2.75) is 83.5 Å². The molecule has 1 N–H and O–H groups in total. The number of aliphatic hydroxyl groups excluding tert-OH is 1. The largest absolute Gasteiger partial charge is 0.396 e. The van der Waals surface area contributed by atoms with Gasteiger partial charge in [-0.2, -0.15) is 0 Å². The van der Waals surface area contributed by atoms with E-state index in [1.807, 2.05) is 0 Å². The highest BCUT2D eigenvalue weighted by molar-refractivity contribution is 5.82. The monoisotopic (exact) mass is 326 g/mol. The molecule has 3 unspecified atom stereocenters. The lowest BCUT2D eigenvalue weighted by Gasteiger charge is -2.43. The first-order valence-corrected chi connectivity index (χ1v) is 9.33. The van der Waals surface area contributed by atoms with Crippen LogP contribution in [-0.4, -0.2) is 71.3 Å². The van der Waals surface area contributed by atoms with Crippen molar-refractivity contribution < 1.29 is 14.6 Å². The van der Waals surface area contributed by atoms with E-state index in [1.54, 1.807) is 0 Å². The van der Waals surface area contributed by atoms with Gasteiger partial charge < -0.3 is 14.7 Å². The van der Waals surface area contributed by atoms with Crippen LogP contribution in [-0.2, 0) is 9.53 Å². The number of rotatable bonds is 6. The Morgan fingerprint density at radius 2 is 1.78 bits per heavy atom. The van der Waals surface area contributed by atoms with Crippen molar-refractivity contribution in [3.05, 3.63) is 0 Å². The third-order valence-electron chi connectivity index (χ3n) is 5.49. The Kier molecular flexibility index (Phi) is 7.31. The number of carbonyl (C=O) groups excluding carboxylic acids is 1. The molecule has 2 aliphatic heterocycles. The van der Waals surface area contributed by atoms with Crippen LogP contribution < -0.4 is 0 Å². The van der Waals surface area contributed by atoms with Crippen LogP contribution in [0.1, 0.15) is 59.3 Å². The molecule has 2 fully saturated rings. The van der Waals surface area contributed by atoms with Gasteiger partial charge in [0.2, 0.25) is 5.91 Å². The van der Waals surface area contributed by atoms with Gasteiger partial charge in [0.15, 0.2) is 0 Å². The van der Waals surface area contributed by atoms with Crippen molar-refractivity contribution in [1.82, 2.24) is 9.80 Å². The minimum absolute atomic E-state index is 0.0311. The molecule has 0 saturated carbocycles. The molecule has 0 spiro atoms. The summed E-state index contributed by atoms with van der Waals surface area (Å²) in [4.78, 5) is 17.4. The summed E-state index contributed by atoms with van der Waals surface area (Å²) in [5, 5.41) is 8.81. The first-order valence-electron chi connectivity index (χ1n) is 9.33. The maximum atomic E-state index is 12.9. The smallest absolute Gasteiger partial charge is 0.240 e. The van der Waals surface area contributed by atoms with Crippen LogP contribution in [0.3, 0.4) is 0 Å². The molecule has 5 nitrogen and oxygen atoms in total. The Morgan fingerprint density at radius 1 is 1.17 bits per heavy atom. The standard InChI is InChI=1S/C18H34N2O3/c1-14-6-4-7-15(2)20(14)18(22)16(3)19-10-8-17(9-11-19)23-13-5-12-21/h14-17,21H,4-13H2,1-3H3. The lowest BCUT2D eigenvalue weighted by molar-refractivity contribution is -0.143. The minimum atomic E-state index is -0.0311. The second kappa shape index (κ2) is 9.00. The number of piperidine rings is 2. The fourth-order valence-electron chi connectivity index (χ4n) is 3.97. The number of likely N-dealkylation sites (tertiary alicyclic amines) is 2. The lowest BCUT2D eigenvalue weighted by Crippen LogP contribution is -2.56. The zero-order chi connectivity index (χ0) is 16.8. The van der Waals surface area contributed by atoms with Crippen LogP contribution in [0.2, 0.25) is 0 Å². The zero-order valence-electron chi connectivity index (χ0n) is 15.0. The number of amides is 1. The maximum Gasteiger partial charge on any atom is 0.240 e. The van der Waals surface area contributed by atoms with Gasteiger partial charge in [0.25, 0.3) is 0 Å². The number of aliphatic hydroxyl groups is 1. The van der Waals surface area contributed by atoms with Gasteiger partial charge in [-0.25, -0.2) is 0 Å². The van der Waals surface area contributed by atoms with Gasteiger partial charge in [-0.3, -0.25) is 9.69 Å². The van der Waals surface area contributed by atoms with Crippen LogP contribution in [0.15, 0.2) is 0 Å². The van der Waals surface area contributed by atoms with Crippen LogP contribution >= 0.6 is 0 Å². The normalized spacial score (nSPS) is 28.8. The van der Waals surface area contributed by atoms with E-state index in [-0.39, 0.29) is 18.8 Å². The molecule has 3 atom stereocenters. The van der Waals surface area contributed by atoms with Gasteiger partial charge in [-0.05, 0) is 59.3 Å². The average molecular weight is 326 g/mol. The fraction of sp³-hybridized carbons (Fsp3) is 0.944. The van der Waals surface area contributed by atoms with Crippen molar-refractivity contribution in [2.75, 3.05) is 26.3 Å². The van der Waals surface area contributed by atoms with E-state index in [0.717, 1.165) is 38.8 Å². The van der Waals surface area contributed by atoms with E-state index in [2.05, 4.69) is 30.6 Å². The Hall–Kier alpha value is -0.650. The van der Waals surface area contributed by atoms with E-state index < -0.39 is 0 Å². The highest BCUT2D eigenvalue weighted by Gasteiger charge is 2.35. The average Bonchev–Trinajstić information content (AvgIpc) is 2.55. The van der Waals surface area contributed by atoms with E-state index in [1.165, 1.54) is 6.42 Å². The molecule has 0 bridgehead atoms. The molecule has 0 radical (unpaired) electrons. The number of nitrogens with zero attached hydrogens (tertiary/aromatic N) is 2. The SMILES string of the molecule is CC(C(=O)N1C(C)CCCC1C)N1CCC(OCCCO)CC1. The summed E-state index contributed by atoms with van der Waals surface area (Å²) < 4.78 is 5.78. The number of carbonyl (C=O) groups is 1. The third kappa shape index (κ3) is 4.91. The number of hydrogen-bond acceptors (Lipinski definition) is 4. The Morgan fingerprint density at radius 3 is 2.35 bits per heavy atom. The predicted molar refractivity (Wildman–Crippen MR) is 91.3 cm³/mol. The molecule has 2 aliphatic rings. The van der Waals surface area contributed by atoms with Gasteiger partial charge in [-0.15, -0.1) is 0 Å². The van der Waals surface area contributed by atoms with Crippen molar-refractivity contribution in [2.24, 2.45) is 0 Å². The molecule has 134 valence electrons. The van der Waals surface area contributed by atoms with Crippen LogP contribution in [0, 0.1) is 0 Å². The fourth-order valence-corrected chi connectivity index (χ4v) is 3.97. The summed E-state index contributed by atoms with van der Waals surface area (Å²) in [7, 11) is 0. The van der Waals surface area contributed by atoms with E-state index in [0.29, 0.717) is 31.0 Å². The first kappa shape index (κ1) is 18.7. The highest BCUT2D eigenvalue weighted by atomic mass is 16.5. The van der Waals surface area contributed by atoms with Crippen molar-refractivity contribution in [1.29, 1.82) is 0 Å². The van der Waals surface area contributed by atoms with Crippen LogP contribution in [0.4, 0.5) is 0 Å². The Labute approximate surface area is 141 Å². The van der Waals surface area contributed by atoms with E-state index >= 15 is 0 Å². The molecule has 2 saturated heterocycles. The first-order chi connectivity index (χ1) is 11.0. The highest BCUT2D eigenvalue weighted by Crippen LogP contribution is 2.25. The third-order valence-corrected chi connectivity index (χ3v) is 5.49. The topological polar surface area (TPSA) is 53.0 Å². The molecule has 0 aromatic heterocycles. The predicted octanol–water partition coefficient (Wildman–Crippen LogP) is 2.03. The molecule has 2 heterocycles. The van der Waals surface area contributed by atoms with Gasteiger partial charge in [0, 0.05) is 38.4 Å². The minimum Gasteiger partial charge on any atom is -0.396 e. The number of ether oxygens (including phenoxy) is 1. The van der Waals surface area contributed by atoms with E-state index in [9.17, 15) is 4.79 Å². The van der Waals surface area contributed by atoms with Crippen molar-refractivity contribution in [3.8, 4) is 0 Å². The quantitative estimate of drug-likeness (QED) is 0.759. The molecule has 2 rings (SSSR count). The van der Waals surface area contributed by atoms with Crippen molar-refractivity contribution >= 4 is 5.91 Å². The van der Waals surface area contributed by atoms with Gasteiger partial charge in [-0.1, -0.05) is 0 Å². The molecule has 1 amide bonds. The van der Waals surface area contributed by atoms with E-state index in [4.69, 9.17) is 9.84 Å². The summed E-state index contributed by atoms with van der Waals surface area (Å²) >= 11 is 0. The molecule has 5 heteroatoms. The molecule has 0 aromatic carbocycles. The molecular formula is C18H34N2O3. The van der Waals surface area contributed by atoms with Crippen LogP contribution in [0.25, 0.3) is 0 Å². The molecule has 0 aromatic rings. The molecular weight excluding hydrogens is 292 g/mol. The summed E-state index contributed by atoms with van der Waals surface area (Å²) in [6, 6.07) is 0.706. The summed E-state index contributed by atoms with van der Waals surface area (Å²) in [5.74, 6) is 0.296. The van der Waals surface area contributed by atoms with Crippen molar-refractivity contribution in [3.63, 3.8) is 0 Å². The summed E-state index contributed by atoms with van der Waals surface area (Å²) in [6.45, 7) is 9.10. The molecule has 0 aliphatic carbocycles. The Balaban J connectivity index is 1.81. The molecule has 23 heavy (non-hydrogen) atoms. The van der Waals surface area contributed by atoms with Gasteiger partial charge >= 0.3 is 0 Å². The van der Waals surface area contributed by atoms with Gasteiger partial charge in [0.05, 0.1) is 12.1 Å². The number of hydrogen-bond donors (Lipinski definition) is 1. The second-order valence-corrected chi connectivity index (χ2v) is 7.23.